The van der Waals surface area contributed by atoms with E-state index in [0.29, 0.717) is 12.1 Å². The first kappa shape index (κ1) is 11.4. The first-order valence-corrected chi connectivity index (χ1v) is 5.58. The smallest absolute Gasteiger partial charge is 0.274 e. The molecule has 0 atom stereocenters. The van der Waals surface area contributed by atoms with Gasteiger partial charge in [-0.1, -0.05) is 0 Å². The SMILES string of the molecule is CC(=O)Nc1cc(C#N)c2n(c1=O)CCCC2. The average molecular weight is 231 g/mol. The zero-order chi connectivity index (χ0) is 12.4. The molecule has 5 nitrogen and oxygen atoms in total. The maximum Gasteiger partial charge on any atom is 0.274 e. The molecule has 0 bridgehead atoms. The van der Waals surface area contributed by atoms with Crippen LogP contribution in [0.3, 0.4) is 0 Å². The van der Waals surface area contributed by atoms with Gasteiger partial charge in [0.05, 0.1) is 5.56 Å². The van der Waals surface area contributed by atoms with Crippen LogP contribution in [0.5, 0.6) is 0 Å². The molecular formula is C12H13N3O2. The summed E-state index contributed by atoms with van der Waals surface area (Å²) in [7, 11) is 0. The highest BCUT2D eigenvalue weighted by Crippen LogP contribution is 2.18. The Labute approximate surface area is 98.7 Å². The molecule has 1 aromatic rings. The normalized spacial score (nSPS) is 13.6. The minimum absolute atomic E-state index is 0.194. The summed E-state index contributed by atoms with van der Waals surface area (Å²) >= 11 is 0. The fraction of sp³-hybridized carbons (Fsp3) is 0.417. The highest BCUT2D eigenvalue weighted by molar-refractivity contribution is 5.88. The van der Waals surface area contributed by atoms with Crippen LogP contribution in [0.15, 0.2) is 10.9 Å². The number of anilines is 1. The molecule has 2 heterocycles. The van der Waals surface area contributed by atoms with Gasteiger partial charge >= 0.3 is 0 Å². The van der Waals surface area contributed by atoms with Crippen LogP contribution in [0.4, 0.5) is 5.69 Å². The van der Waals surface area contributed by atoms with Gasteiger partial charge in [0.15, 0.2) is 0 Å². The Morgan fingerprint density at radius 3 is 2.94 bits per heavy atom. The lowest BCUT2D eigenvalue weighted by Crippen LogP contribution is -2.30. The van der Waals surface area contributed by atoms with E-state index in [9.17, 15) is 9.59 Å². The molecule has 5 heteroatoms. The Hall–Kier alpha value is -2.09. The molecule has 0 saturated carbocycles. The molecule has 1 amide bonds. The molecule has 0 spiro atoms. The number of nitrogens with zero attached hydrogens (tertiary/aromatic N) is 2. The summed E-state index contributed by atoms with van der Waals surface area (Å²) in [4.78, 5) is 23.0. The number of nitriles is 1. The van der Waals surface area contributed by atoms with Gasteiger partial charge in [0, 0.05) is 19.2 Å². The van der Waals surface area contributed by atoms with E-state index in [4.69, 9.17) is 5.26 Å². The molecule has 0 saturated heterocycles. The molecule has 0 unspecified atom stereocenters. The van der Waals surface area contributed by atoms with E-state index in [1.165, 1.54) is 13.0 Å². The molecule has 0 radical (unpaired) electrons. The number of fused-ring (bicyclic) bond motifs is 1. The Kier molecular flexibility index (Phi) is 2.96. The maximum atomic E-state index is 12.1. The third-order valence-corrected chi connectivity index (χ3v) is 2.88. The molecule has 0 aliphatic carbocycles. The fourth-order valence-corrected chi connectivity index (χ4v) is 2.15. The zero-order valence-corrected chi connectivity index (χ0v) is 9.62. The third-order valence-electron chi connectivity index (χ3n) is 2.88. The van der Waals surface area contributed by atoms with Gasteiger partial charge in [-0.25, -0.2) is 0 Å². The van der Waals surface area contributed by atoms with Crippen LogP contribution in [0, 0.1) is 11.3 Å². The minimum atomic E-state index is -0.303. The summed E-state index contributed by atoms with van der Waals surface area (Å²) in [5.74, 6) is -0.303. The molecular weight excluding hydrogens is 218 g/mol. The van der Waals surface area contributed by atoms with E-state index in [1.807, 2.05) is 0 Å². The van der Waals surface area contributed by atoms with E-state index in [2.05, 4.69) is 11.4 Å². The predicted molar refractivity (Wildman–Crippen MR) is 62.7 cm³/mol. The van der Waals surface area contributed by atoms with Crippen molar-refractivity contribution < 1.29 is 4.79 Å². The molecule has 0 aromatic carbocycles. The number of amides is 1. The Balaban J connectivity index is 2.61. The zero-order valence-electron chi connectivity index (χ0n) is 9.62. The standard InChI is InChI=1S/C12H13N3O2/c1-8(16)14-10-6-9(7-13)11-4-2-3-5-15(11)12(10)17/h6H,2-5H2,1H3,(H,14,16). The van der Waals surface area contributed by atoms with Gasteiger partial charge in [0.1, 0.15) is 11.8 Å². The fourth-order valence-electron chi connectivity index (χ4n) is 2.15. The second kappa shape index (κ2) is 4.42. The number of aromatic nitrogens is 1. The van der Waals surface area contributed by atoms with Crippen molar-refractivity contribution in [3.05, 3.63) is 27.7 Å². The third kappa shape index (κ3) is 2.07. The van der Waals surface area contributed by atoms with Gasteiger partial charge in [0.25, 0.3) is 5.56 Å². The summed E-state index contributed by atoms with van der Waals surface area (Å²) in [5.41, 5.74) is 1.25. The predicted octanol–water partition coefficient (Wildman–Crippen LogP) is 1.01. The van der Waals surface area contributed by atoms with Crippen molar-refractivity contribution in [2.75, 3.05) is 5.32 Å². The Morgan fingerprint density at radius 2 is 2.29 bits per heavy atom. The number of hydrogen-bond acceptors (Lipinski definition) is 3. The molecule has 88 valence electrons. The van der Waals surface area contributed by atoms with Crippen molar-refractivity contribution in [1.82, 2.24) is 4.57 Å². The van der Waals surface area contributed by atoms with Crippen LogP contribution in [0.1, 0.15) is 31.0 Å². The van der Waals surface area contributed by atoms with Gasteiger partial charge in [0.2, 0.25) is 5.91 Å². The number of nitrogens with one attached hydrogen (secondary N) is 1. The van der Waals surface area contributed by atoms with Crippen LogP contribution >= 0.6 is 0 Å². The lowest BCUT2D eigenvalue weighted by Gasteiger charge is -2.20. The summed E-state index contributed by atoms with van der Waals surface area (Å²) in [6.07, 6.45) is 2.67. The van der Waals surface area contributed by atoms with Crippen molar-refractivity contribution in [2.24, 2.45) is 0 Å². The van der Waals surface area contributed by atoms with E-state index in [0.717, 1.165) is 25.0 Å². The quantitative estimate of drug-likeness (QED) is 0.783. The average Bonchev–Trinajstić information content (AvgIpc) is 2.32. The van der Waals surface area contributed by atoms with Gasteiger partial charge < -0.3 is 9.88 Å². The minimum Gasteiger partial charge on any atom is -0.322 e. The van der Waals surface area contributed by atoms with Crippen molar-refractivity contribution in [3.63, 3.8) is 0 Å². The molecule has 1 N–H and O–H groups in total. The second-order valence-electron chi connectivity index (χ2n) is 4.13. The van der Waals surface area contributed by atoms with Crippen molar-refractivity contribution in [1.29, 1.82) is 5.26 Å². The van der Waals surface area contributed by atoms with Gasteiger partial charge in [-0.05, 0) is 25.3 Å². The molecule has 1 aromatic heterocycles. The number of carbonyl (C=O) groups is 1. The largest absolute Gasteiger partial charge is 0.322 e. The van der Waals surface area contributed by atoms with Crippen LogP contribution in [-0.4, -0.2) is 10.5 Å². The highest BCUT2D eigenvalue weighted by Gasteiger charge is 2.17. The van der Waals surface area contributed by atoms with Crippen molar-refractivity contribution in [2.45, 2.75) is 32.7 Å². The molecule has 17 heavy (non-hydrogen) atoms. The van der Waals surface area contributed by atoms with Crippen LogP contribution < -0.4 is 10.9 Å². The second-order valence-corrected chi connectivity index (χ2v) is 4.13. The number of rotatable bonds is 1. The Bertz CT molecular complexity index is 566. The molecule has 1 aliphatic heterocycles. The first-order chi connectivity index (χ1) is 8.13. The first-order valence-electron chi connectivity index (χ1n) is 5.58. The number of pyridine rings is 1. The van der Waals surface area contributed by atoms with E-state index in [1.54, 1.807) is 4.57 Å². The maximum absolute atomic E-state index is 12.1. The van der Waals surface area contributed by atoms with Gasteiger partial charge in [-0.3, -0.25) is 9.59 Å². The highest BCUT2D eigenvalue weighted by atomic mass is 16.2. The summed E-state index contributed by atoms with van der Waals surface area (Å²) in [5, 5.41) is 11.5. The summed E-state index contributed by atoms with van der Waals surface area (Å²) in [6.45, 7) is 1.96. The molecule has 1 aliphatic rings. The number of carbonyl (C=O) groups excluding carboxylic acids is 1. The van der Waals surface area contributed by atoms with E-state index >= 15 is 0 Å². The lowest BCUT2D eigenvalue weighted by atomic mass is 10.0. The molecule has 0 fully saturated rings. The topological polar surface area (TPSA) is 74.9 Å². The van der Waals surface area contributed by atoms with Crippen molar-refractivity contribution in [3.8, 4) is 6.07 Å². The summed E-state index contributed by atoms with van der Waals surface area (Å²) in [6, 6.07) is 3.56. The van der Waals surface area contributed by atoms with E-state index in [-0.39, 0.29) is 17.2 Å². The van der Waals surface area contributed by atoms with Crippen LogP contribution in [0.2, 0.25) is 0 Å². The van der Waals surface area contributed by atoms with E-state index < -0.39 is 0 Å². The van der Waals surface area contributed by atoms with Gasteiger partial charge in [-0.2, -0.15) is 5.26 Å². The van der Waals surface area contributed by atoms with Crippen LogP contribution in [0.25, 0.3) is 0 Å². The van der Waals surface area contributed by atoms with Crippen molar-refractivity contribution >= 4 is 11.6 Å². The monoisotopic (exact) mass is 231 g/mol. The number of hydrogen-bond donors (Lipinski definition) is 1. The summed E-state index contributed by atoms with van der Waals surface area (Å²) < 4.78 is 1.60. The van der Waals surface area contributed by atoms with Crippen LogP contribution in [-0.2, 0) is 17.8 Å². The van der Waals surface area contributed by atoms with Gasteiger partial charge in [-0.15, -0.1) is 0 Å². The molecule has 2 rings (SSSR count). The lowest BCUT2D eigenvalue weighted by molar-refractivity contribution is -0.114. The Morgan fingerprint density at radius 1 is 1.53 bits per heavy atom.